The summed E-state index contributed by atoms with van der Waals surface area (Å²) in [6, 6.07) is 7.23. The van der Waals surface area contributed by atoms with Gasteiger partial charge in [0.2, 0.25) is 11.8 Å². The highest BCUT2D eigenvalue weighted by Crippen LogP contribution is 2.20. The van der Waals surface area contributed by atoms with E-state index in [1.54, 1.807) is 7.11 Å². The van der Waals surface area contributed by atoms with E-state index in [1.165, 1.54) is 6.92 Å². The molecule has 2 atom stereocenters. The van der Waals surface area contributed by atoms with Gasteiger partial charge < -0.3 is 20.7 Å². The predicted octanol–water partition coefficient (Wildman–Crippen LogP) is 1.55. The van der Waals surface area contributed by atoms with E-state index in [-0.39, 0.29) is 42.7 Å². The molecule has 0 aliphatic carbocycles. The number of piperidine rings is 1. The van der Waals surface area contributed by atoms with E-state index in [1.807, 2.05) is 24.3 Å². The largest absolute Gasteiger partial charge is 0.497 e. The zero-order valence-electron chi connectivity index (χ0n) is 14.1. The summed E-state index contributed by atoms with van der Waals surface area (Å²) in [6.07, 6.45) is 2.28. The number of rotatable bonds is 6. The molecule has 1 aromatic rings. The number of hydrogen-bond acceptors (Lipinski definition) is 4. The van der Waals surface area contributed by atoms with Crippen LogP contribution in [0.1, 0.15) is 37.8 Å². The average molecular weight is 356 g/mol. The fourth-order valence-electron chi connectivity index (χ4n) is 2.78. The molecule has 1 saturated heterocycles. The number of methoxy groups -OCH3 is 1. The Labute approximate surface area is 149 Å². The normalized spacial score (nSPS) is 18.0. The number of amides is 2. The van der Waals surface area contributed by atoms with E-state index in [4.69, 9.17) is 4.74 Å². The van der Waals surface area contributed by atoms with Gasteiger partial charge in [-0.2, -0.15) is 0 Å². The molecular weight excluding hydrogens is 330 g/mol. The lowest BCUT2D eigenvalue weighted by molar-refractivity contribution is -0.123. The Hall–Kier alpha value is -1.79. The van der Waals surface area contributed by atoms with Crippen LogP contribution in [0.4, 0.5) is 0 Å². The zero-order chi connectivity index (χ0) is 16.7. The molecule has 1 heterocycles. The highest BCUT2D eigenvalue weighted by molar-refractivity contribution is 5.85. The number of carbonyl (C=O) groups is 2. The van der Waals surface area contributed by atoms with Crippen LogP contribution in [0.25, 0.3) is 0 Å². The Morgan fingerprint density at radius 1 is 1.33 bits per heavy atom. The molecule has 0 bridgehead atoms. The lowest BCUT2D eigenvalue weighted by Crippen LogP contribution is -2.46. The Morgan fingerprint density at radius 2 is 2.04 bits per heavy atom. The Kier molecular flexibility index (Phi) is 8.57. The molecule has 0 spiro atoms. The third kappa shape index (κ3) is 6.37. The Morgan fingerprint density at radius 3 is 2.58 bits per heavy atom. The van der Waals surface area contributed by atoms with Crippen molar-refractivity contribution in [3.63, 3.8) is 0 Å². The fraction of sp³-hybridized carbons (Fsp3) is 0.529. The van der Waals surface area contributed by atoms with Crippen molar-refractivity contribution in [2.24, 2.45) is 0 Å². The molecule has 1 aromatic carbocycles. The summed E-state index contributed by atoms with van der Waals surface area (Å²) in [5.74, 6) is 0.541. The van der Waals surface area contributed by atoms with E-state index in [0.717, 1.165) is 37.2 Å². The van der Waals surface area contributed by atoms with E-state index >= 15 is 0 Å². The molecule has 1 aliphatic heterocycles. The van der Waals surface area contributed by atoms with Crippen molar-refractivity contribution in [1.29, 1.82) is 0 Å². The van der Waals surface area contributed by atoms with Crippen molar-refractivity contribution >= 4 is 24.2 Å². The van der Waals surface area contributed by atoms with Crippen molar-refractivity contribution in [2.45, 2.75) is 38.3 Å². The second kappa shape index (κ2) is 10.2. The molecule has 0 aromatic heterocycles. The van der Waals surface area contributed by atoms with Crippen LogP contribution in [-0.2, 0) is 9.59 Å². The van der Waals surface area contributed by atoms with E-state index in [0.29, 0.717) is 0 Å². The van der Waals surface area contributed by atoms with E-state index < -0.39 is 0 Å². The third-order valence-corrected chi connectivity index (χ3v) is 3.95. The first-order chi connectivity index (χ1) is 11.1. The summed E-state index contributed by atoms with van der Waals surface area (Å²) in [4.78, 5) is 23.7. The van der Waals surface area contributed by atoms with Crippen molar-refractivity contribution in [1.82, 2.24) is 16.0 Å². The van der Waals surface area contributed by atoms with Gasteiger partial charge in [0.25, 0.3) is 0 Å². The van der Waals surface area contributed by atoms with Crippen molar-refractivity contribution in [3.05, 3.63) is 29.8 Å². The summed E-state index contributed by atoms with van der Waals surface area (Å²) < 4.78 is 5.14. The molecule has 0 saturated carbocycles. The van der Waals surface area contributed by atoms with Crippen LogP contribution in [0, 0.1) is 0 Å². The maximum absolute atomic E-state index is 12.3. The minimum absolute atomic E-state index is 0. The van der Waals surface area contributed by atoms with Gasteiger partial charge in [-0.05, 0) is 37.1 Å². The number of halogens is 1. The van der Waals surface area contributed by atoms with Crippen molar-refractivity contribution < 1.29 is 14.3 Å². The quantitative estimate of drug-likeness (QED) is 0.723. The minimum Gasteiger partial charge on any atom is -0.497 e. The minimum atomic E-state index is -0.338. The summed E-state index contributed by atoms with van der Waals surface area (Å²) in [7, 11) is 1.60. The summed E-state index contributed by atoms with van der Waals surface area (Å²) in [5.41, 5.74) is 0.887. The topological polar surface area (TPSA) is 79.5 Å². The molecule has 1 aliphatic rings. The maximum Gasteiger partial charge on any atom is 0.222 e. The molecular formula is C17H26ClN3O3. The van der Waals surface area contributed by atoms with Crippen LogP contribution < -0.4 is 20.7 Å². The molecule has 24 heavy (non-hydrogen) atoms. The monoisotopic (exact) mass is 355 g/mol. The van der Waals surface area contributed by atoms with Crippen molar-refractivity contribution in [2.75, 3.05) is 20.2 Å². The summed E-state index contributed by atoms with van der Waals surface area (Å²) in [5, 5.41) is 9.15. The Bertz CT molecular complexity index is 530. The highest BCUT2D eigenvalue weighted by atomic mass is 35.5. The highest BCUT2D eigenvalue weighted by Gasteiger charge is 2.20. The van der Waals surface area contributed by atoms with Gasteiger partial charge in [-0.25, -0.2) is 0 Å². The third-order valence-electron chi connectivity index (χ3n) is 3.95. The molecule has 6 nitrogen and oxygen atoms in total. The molecule has 3 N–H and O–H groups in total. The molecule has 2 rings (SSSR count). The van der Waals surface area contributed by atoms with Crippen LogP contribution >= 0.6 is 12.4 Å². The number of hydrogen-bond donors (Lipinski definition) is 3. The van der Waals surface area contributed by atoms with Crippen LogP contribution in [0.15, 0.2) is 24.3 Å². The van der Waals surface area contributed by atoms with Crippen molar-refractivity contribution in [3.8, 4) is 5.75 Å². The van der Waals surface area contributed by atoms with Gasteiger partial charge in [-0.3, -0.25) is 9.59 Å². The lowest BCUT2D eigenvalue weighted by Gasteiger charge is -2.25. The fourth-order valence-corrected chi connectivity index (χ4v) is 2.78. The molecule has 1 unspecified atom stereocenters. The Balaban J connectivity index is 0.00000288. The van der Waals surface area contributed by atoms with E-state index in [2.05, 4.69) is 16.0 Å². The first-order valence-corrected chi connectivity index (χ1v) is 7.99. The first kappa shape index (κ1) is 20.3. The molecule has 0 radical (unpaired) electrons. The lowest BCUT2D eigenvalue weighted by atomic mass is 10.0. The maximum atomic E-state index is 12.3. The second-order valence-corrected chi connectivity index (χ2v) is 5.84. The van der Waals surface area contributed by atoms with E-state index in [9.17, 15) is 9.59 Å². The van der Waals surface area contributed by atoms with Crippen LogP contribution in [-0.4, -0.2) is 38.1 Å². The van der Waals surface area contributed by atoms with Gasteiger partial charge >= 0.3 is 0 Å². The van der Waals surface area contributed by atoms with Gasteiger partial charge in [0.1, 0.15) is 5.75 Å². The summed E-state index contributed by atoms with van der Waals surface area (Å²) >= 11 is 0. The summed E-state index contributed by atoms with van der Waals surface area (Å²) in [6.45, 7) is 3.27. The number of carbonyl (C=O) groups excluding carboxylic acids is 2. The first-order valence-electron chi connectivity index (χ1n) is 7.99. The SMILES string of the molecule is COc1ccc(C(CC(=O)N[C@H]2CCCNC2)NC(C)=O)cc1.Cl. The van der Waals surface area contributed by atoms with Gasteiger partial charge in [-0.1, -0.05) is 12.1 Å². The van der Waals surface area contributed by atoms with Gasteiger partial charge in [0.05, 0.1) is 19.6 Å². The zero-order valence-corrected chi connectivity index (χ0v) is 14.9. The van der Waals surface area contributed by atoms with Gasteiger partial charge in [0.15, 0.2) is 0 Å². The number of ether oxygens (including phenoxy) is 1. The molecule has 2 amide bonds. The van der Waals surface area contributed by atoms with Crippen LogP contribution in [0.5, 0.6) is 5.75 Å². The number of benzene rings is 1. The second-order valence-electron chi connectivity index (χ2n) is 5.84. The number of nitrogens with one attached hydrogen (secondary N) is 3. The molecule has 7 heteroatoms. The van der Waals surface area contributed by atoms with Crippen LogP contribution in [0.2, 0.25) is 0 Å². The average Bonchev–Trinajstić information content (AvgIpc) is 2.55. The standard InChI is InChI=1S/C17H25N3O3.ClH/c1-12(21)19-16(13-5-7-15(23-2)8-6-13)10-17(22)20-14-4-3-9-18-11-14;/h5-8,14,16,18H,3-4,9-11H2,1-2H3,(H,19,21)(H,20,22);1H/t14-,16?;/m0./s1. The molecule has 1 fully saturated rings. The predicted molar refractivity (Wildman–Crippen MR) is 95.5 cm³/mol. The van der Waals surface area contributed by atoms with Gasteiger partial charge in [-0.15, -0.1) is 12.4 Å². The smallest absolute Gasteiger partial charge is 0.222 e. The molecule has 134 valence electrons. The van der Waals surface area contributed by atoms with Crippen LogP contribution in [0.3, 0.4) is 0 Å². The van der Waals surface area contributed by atoms with Gasteiger partial charge in [0, 0.05) is 19.5 Å².